The molecule has 2 N–H and O–H groups in total. The Hall–Kier alpha value is -3.60. The smallest absolute Gasteiger partial charge is 0.252 e. The van der Waals surface area contributed by atoms with E-state index in [0.29, 0.717) is 11.3 Å². The van der Waals surface area contributed by atoms with Gasteiger partial charge in [-0.1, -0.05) is 42.5 Å². The Bertz CT molecular complexity index is 1010. The zero-order chi connectivity index (χ0) is 20.9. The number of carbonyl (C=O) groups excluding carboxylic acids is 2. The van der Waals surface area contributed by atoms with E-state index in [-0.39, 0.29) is 23.8 Å². The summed E-state index contributed by atoms with van der Waals surface area (Å²) >= 11 is 0. The maximum atomic E-state index is 13.0. The van der Waals surface area contributed by atoms with E-state index in [1.807, 2.05) is 54.6 Å². The van der Waals surface area contributed by atoms with E-state index in [1.165, 1.54) is 0 Å². The van der Waals surface area contributed by atoms with E-state index < -0.39 is 0 Å². The quantitative estimate of drug-likeness (QED) is 0.611. The first-order valence-corrected chi connectivity index (χ1v) is 10.0. The molecule has 2 amide bonds. The molecular formula is C25H24N2O3. The maximum absolute atomic E-state index is 13.0. The lowest BCUT2D eigenvalue weighted by molar-refractivity contribution is -0.117. The van der Waals surface area contributed by atoms with Crippen LogP contribution in [0.25, 0.3) is 0 Å². The standard InChI is InChI=1S/C25H24N2O3/c1-30-22-15-11-18(12-16-22)23(17-5-3-2-4-6-17)27-25(29)20-9-13-21(14-10-20)26-24(28)19-7-8-19/h2-6,9-16,19,23H,7-8H2,1H3,(H,26,28)(H,27,29). The third-order valence-corrected chi connectivity index (χ3v) is 5.22. The molecule has 1 fully saturated rings. The van der Waals surface area contributed by atoms with Crippen molar-refractivity contribution in [2.75, 3.05) is 12.4 Å². The van der Waals surface area contributed by atoms with Crippen LogP contribution in [0.1, 0.15) is 40.4 Å². The van der Waals surface area contributed by atoms with Crippen molar-refractivity contribution in [3.8, 4) is 5.75 Å². The van der Waals surface area contributed by atoms with Crippen LogP contribution in [0.5, 0.6) is 5.75 Å². The predicted octanol–water partition coefficient (Wildman–Crippen LogP) is 4.56. The Labute approximate surface area is 176 Å². The fraction of sp³-hybridized carbons (Fsp3) is 0.200. The minimum atomic E-state index is -0.293. The Morgan fingerprint density at radius 3 is 2.10 bits per heavy atom. The summed E-state index contributed by atoms with van der Waals surface area (Å²) in [6, 6.07) is 24.2. The molecule has 0 heterocycles. The lowest BCUT2D eigenvalue weighted by Gasteiger charge is -2.20. The van der Waals surface area contributed by atoms with Gasteiger partial charge < -0.3 is 15.4 Å². The average molecular weight is 400 g/mol. The molecule has 4 rings (SSSR count). The Morgan fingerprint density at radius 2 is 1.50 bits per heavy atom. The molecule has 0 radical (unpaired) electrons. The van der Waals surface area contributed by atoms with Gasteiger partial charge in [-0.3, -0.25) is 9.59 Å². The molecule has 0 aliphatic heterocycles. The Morgan fingerprint density at radius 1 is 0.867 bits per heavy atom. The minimum Gasteiger partial charge on any atom is -0.497 e. The SMILES string of the molecule is COc1ccc(C(NC(=O)c2ccc(NC(=O)C3CC3)cc2)c2ccccc2)cc1. The van der Waals surface area contributed by atoms with Gasteiger partial charge in [-0.15, -0.1) is 0 Å². The van der Waals surface area contributed by atoms with Gasteiger partial charge in [-0.05, 0) is 60.4 Å². The number of amides is 2. The van der Waals surface area contributed by atoms with Crippen LogP contribution >= 0.6 is 0 Å². The molecule has 0 spiro atoms. The van der Waals surface area contributed by atoms with Crippen LogP contribution in [0.4, 0.5) is 5.69 Å². The van der Waals surface area contributed by atoms with E-state index >= 15 is 0 Å². The van der Waals surface area contributed by atoms with Crippen LogP contribution in [0.2, 0.25) is 0 Å². The third kappa shape index (κ3) is 4.69. The zero-order valence-electron chi connectivity index (χ0n) is 16.8. The van der Waals surface area contributed by atoms with E-state index in [2.05, 4.69) is 10.6 Å². The molecule has 1 atom stereocenters. The average Bonchev–Trinajstić information content (AvgIpc) is 3.64. The van der Waals surface area contributed by atoms with Crippen molar-refractivity contribution < 1.29 is 14.3 Å². The van der Waals surface area contributed by atoms with E-state index in [1.54, 1.807) is 31.4 Å². The predicted molar refractivity (Wildman–Crippen MR) is 117 cm³/mol. The number of hydrogen-bond donors (Lipinski definition) is 2. The molecule has 30 heavy (non-hydrogen) atoms. The van der Waals surface area contributed by atoms with Crippen LogP contribution in [0.3, 0.4) is 0 Å². The lowest BCUT2D eigenvalue weighted by Crippen LogP contribution is -2.29. The second-order valence-electron chi connectivity index (χ2n) is 7.43. The summed E-state index contributed by atoms with van der Waals surface area (Å²) in [5, 5.41) is 6.02. The topological polar surface area (TPSA) is 67.4 Å². The van der Waals surface area contributed by atoms with Gasteiger partial charge >= 0.3 is 0 Å². The molecule has 0 saturated heterocycles. The van der Waals surface area contributed by atoms with Crippen LogP contribution in [0.15, 0.2) is 78.9 Å². The largest absolute Gasteiger partial charge is 0.497 e. The number of hydrogen-bond acceptors (Lipinski definition) is 3. The first-order chi connectivity index (χ1) is 14.6. The molecule has 0 bridgehead atoms. The lowest BCUT2D eigenvalue weighted by atomic mass is 9.98. The van der Waals surface area contributed by atoms with Crippen LogP contribution in [-0.2, 0) is 4.79 Å². The summed E-state index contributed by atoms with van der Waals surface area (Å²) in [5.41, 5.74) is 3.19. The van der Waals surface area contributed by atoms with Crippen molar-refractivity contribution in [2.45, 2.75) is 18.9 Å². The van der Waals surface area contributed by atoms with Gasteiger partial charge in [0.25, 0.3) is 5.91 Å². The van der Waals surface area contributed by atoms with Crippen LogP contribution in [-0.4, -0.2) is 18.9 Å². The summed E-state index contributed by atoms with van der Waals surface area (Å²) in [7, 11) is 1.63. The maximum Gasteiger partial charge on any atom is 0.252 e. The van der Waals surface area contributed by atoms with Gasteiger partial charge in [-0.2, -0.15) is 0 Å². The second-order valence-corrected chi connectivity index (χ2v) is 7.43. The molecule has 5 heteroatoms. The molecule has 1 aliphatic rings. The summed E-state index contributed by atoms with van der Waals surface area (Å²) in [6.07, 6.45) is 1.91. The van der Waals surface area contributed by atoms with Crippen molar-refractivity contribution in [3.05, 3.63) is 95.6 Å². The fourth-order valence-electron chi connectivity index (χ4n) is 3.31. The molecular weight excluding hydrogens is 376 g/mol. The highest BCUT2D eigenvalue weighted by Gasteiger charge is 2.29. The highest BCUT2D eigenvalue weighted by atomic mass is 16.5. The molecule has 1 saturated carbocycles. The van der Waals surface area contributed by atoms with E-state index in [9.17, 15) is 9.59 Å². The molecule has 1 unspecified atom stereocenters. The third-order valence-electron chi connectivity index (χ3n) is 5.22. The van der Waals surface area contributed by atoms with Gasteiger partial charge in [-0.25, -0.2) is 0 Å². The molecule has 3 aromatic rings. The second kappa shape index (κ2) is 8.82. The first-order valence-electron chi connectivity index (χ1n) is 10.0. The van der Waals surface area contributed by atoms with Crippen molar-refractivity contribution in [1.29, 1.82) is 0 Å². The van der Waals surface area contributed by atoms with Gasteiger partial charge in [0.05, 0.1) is 13.2 Å². The number of benzene rings is 3. The number of ether oxygens (including phenoxy) is 1. The van der Waals surface area contributed by atoms with Gasteiger partial charge in [0.1, 0.15) is 5.75 Å². The molecule has 0 aromatic heterocycles. The number of carbonyl (C=O) groups is 2. The minimum absolute atomic E-state index is 0.0517. The number of methoxy groups -OCH3 is 1. The van der Waals surface area contributed by atoms with Crippen molar-refractivity contribution in [1.82, 2.24) is 5.32 Å². The summed E-state index contributed by atoms with van der Waals surface area (Å²) in [4.78, 5) is 24.9. The Balaban J connectivity index is 1.51. The number of nitrogens with one attached hydrogen (secondary N) is 2. The molecule has 152 valence electrons. The highest BCUT2D eigenvalue weighted by molar-refractivity contribution is 5.97. The number of rotatable bonds is 7. The van der Waals surface area contributed by atoms with E-state index in [4.69, 9.17) is 4.74 Å². The molecule has 1 aliphatic carbocycles. The molecule has 5 nitrogen and oxygen atoms in total. The van der Waals surface area contributed by atoms with Crippen LogP contribution in [0, 0.1) is 5.92 Å². The van der Waals surface area contributed by atoms with Crippen LogP contribution < -0.4 is 15.4 Å². The highest BCUT2D eigenvalue weighted by Crippen LogP contribution is 2.30. The Kier molecular flexibility index (Phi) is 5.80. The summed E-state index contributed by atoms with van der Waals surface area (Å²) in [5.74, 6) is 0.778. The fourth-order valence-corrected chi connectivity index (χ4v) is 3.31. The normalized spacial score (nSPS) is 13.9. The zero-order valence-corrected chi connectivity index (χ0v) is 16.8. The van der Waals surface area contributed by atoms with Crippen molar-refractivity contribution in [3.63, 3.8) is 0 Å². The summed E-state index contributed by atoms with van der Waals surface area (Å²) in [6.45, 7) is 0. The van der Waals surface area contributed by atoms with Crippen molar-refractivity contribution in [2.24, 2.45) is 5.92 Å². The molecule has 3 aromatic carbocycles. The van der Waals surface area contributed by atoms with Gasteiger partial charge in [0.2, 0.25) is 5.91 Å². The van der Waals surface area contributed by atoms with Crippen molar-refractivity contribution >= 4 is 17.5 Å². The number of anilines is 1. The van der Waals surface area contributed by atoms with Gasteiger partial charge in [0, 0.05) is 17.2 Å². The first kappa shape index (κ1) is 19.7. The summed E-state index contributed by atoms with van der Waals surface area (Å²) < 4.78 is 5.24. The monoisotopic (exact) mass is 400 g/mol. The van der Waals surface area contributed by atoms with Gasteiger partial charge in [0.15, 0.2) is 0 Å². The van der Waals surface area contributed by atoms with E-state index in [0.717, 1.165) is 29.7 Å².